The molecule has 0 aliphatic heterocycles. The van der Waals surface area contributed by atoms with Gasteiger partial charge in [-0.25, -0.2) is 0 Å². The van der Waals surface area contributed by atoms with Gasteiger partial charge in [0.05, 0.1) is 0 Å². The summed E-state index contributed by atoms with van der Waals surface area (Å²) < 4.78 is 0. The van der Waals surface area contributed by atoms with Crippen molar-refractivity contribution in [2.45, 2.75) is 77.2 Å². The first-order valence-electron chi connectivity index (χ1n) is 8.00. The fourth-order valence-electron chi connectivity index (χ4n) is 3.34. The Kier molecular flexibility index (Phi) is 4.71. The highest BCUT2D eigenvalue weighted by molar-refractivity contribution is 4.93. The minimum atomic E-state index is 0.247. The Balaban J connectivity index is 1.76. The second-order valence-corrected chi connectivity index (χ2v) is 7.51. The molecular weight excluding hydrogens is 220 g/mol. The van der Waals surface area contributed by atoms with Crippen LogP contribution < -0.4 is 11.1 Å². The molecular formula is C16H32N2. The van der Waals surface area contributed by atoms with Gasteiger partial charge >= 0.3 is 0 Å². The van der Waals surface area contributed by atoms with Crippen LogP contribution in [0.1, 0.15) is 71.6 Å². The largest absolute Gasteiger partial charge is 0.329 e. The molecule has 0 radical (unpaired) electrons. The average Bonchev–Trinajstić information content (AvgIpc) is 3.14. The molecule has 2 aliphatic rings. The average molecular weight is 252 g/mol. The Bertz CT molecular complexity index is 258. The highest BCUT2D eigenvalue weighted by atomic mass is 15.0. The van der Waals surface area contributed by atoms with Crippen molar-refractivity contribution in [3.63, 3.8) is 0 Å². The van der Waals surface area contributed by atoms with Gasteiger partial charge in [0.1, 0.15) is 0 Å². The summed E-state index contributed by atoms with van der Waals surface area (Å²) in [6, 6.07) is 0. The van der Waals surface area contributed by atoms with Crippen molar-refractivity contribution in [1.29, 1.82) is 0 Å². The van der Waals surface area contributed by atoms with Gasteiger partial charge < -0.3 is 11.1 Å². The summed E-state index contributed by atoms with van der Waals surface area (Å²) >= 11 is 0. The SMILES string of the molecule is CC1(C)CCCC(CN)(NCCCC2CC2)CC1. The fourth-order valence-corrected chi connectivity index (χ4v) is 3.34. The van der Waals surface area contributed by atoms with E-state index in [-0.39, 0.29) is 5.54 Å². The van der Waals surface area contributed by atoms with E-state index in [0.29, 0.717) is 5.41 Å². The molecule has 106 valence electrons. The second kappa shape index (κ2) is 5.92. The monoisotopic (exact) mass is 252 g/mol. The van der Waals surface area contributed by atoms with Crippen molar-refractivity contribution >= 4 is 0 Å². The normalized spacial score (nSPS) is 32.2. The van der Waals surface area contributed by atoms with E-state index in [4.69, 9.17) is 5.73 Å². The third-order valence-corrected chi connectivity index (χ3v) is 5.17. The minimum Gasteiger partial charge on any atom is -0.329 e. The summed E-state index contributed by atoms with van der Waals surface area (Å²) in [5, 5.41) is 3.82. The highest BCUT2D eigenvalue weighted by Crippen LogP contribution is 2.38. The maximum Gasteiger partial charge on any atom is 0.0304 e. The van der Waals surface area contributed by atoms with Gasteiger partial charge in [0, 0.05) is 12.1 Å². The van der Waals surface area contributed by atoms with Crippen LogP contribution in [0.25, 0.3) is 0 Å². The summed E-state index contributed by atoms with van der Waals surface area (Å²) in [5.41, 5.74) is 6.86. The first kappa shape index (κ1) is 14.3. The zero-order chi connectivity index (χ0) is 13.1. The Morgan fingerprint density at radius 1 is 1.11 bits per heavy atom. The van der Waals surface area contributed by atoms with E-state index in [0.717, 1.165) is 12.5 Å². The van der Waals surface area contributed by atoms with E-state index in [2.05, 4.69) is 19.2 Å². The van der Waals surface area contributed by atoms with Gasteiger partial charge in [-0.3, -0.25) is 0 Å². The topological polar surface area (TPSA) is 38.0 Å². The van der Waals surface area contributed by atoms with Crippen LogP contribution in [0, 0.1) is 11.3 Å². The lowest BCUT2D eigenvalue weighted by Gasteiger charge is -2.33. The lowest BCUT2D eigenvalue weighted by molar-refractivity contribution is 0.265. The molecule has 2 saturated carbocycles. The van der Waals surface area contributed by atoms with Crippen LogP contribution in [0.4, 0.5) is 0 Å². The van der Waals surface area contributed by atoms with Crippen molar-refractivity contribution in [3.8, 4) is 0 Å². The van der Waals surface area contributed by atoms with Crippen LogP contribution in [0.5, 0.6) is 0 Å². The van der Waals surface area contributed by atoms with Crippen molar-refractivity contribution < 1.29 is 0 Å². The quantitative estimate of drug-likeness (QED) is 0.561. The Morgan fingerprint density at radius 3 is 2.56 bits per heavy atom. The molecule has 0 aromatic rings. The van der Waals surface area contributed by atoms with Gasteiger partial charge in [0.15, 0.2) is 0 Å². The first-order valence-corrected chi connectivity index (χ1v) is 8.00. The molecule has 2 heteroatoms. The maximum absolute atomic E-state index is 6.09. The molecule has 0 amide bonds. The van der Waals surface area contributed by atoms with Crippen molar-refractivity contribution in [3.05, 3.63) is 0 Å². The molecule has 2 fully saturated rings. The van der Waals surface area contributed by atoms with E-state index in [1.165, 1.54) is 64.3 Å². The van der Waals surface area contributed by atoms with E-state index >= 15 is 0 Å². The summed E-state index contributed by atoms with van der Waals surface area (Å²) in [6.07, 6.45) is 12.3. The molecule has 0 aromatic carbocycles. The summed E-state index contributed by atoms with van der Waals surface area (Å²) in [4.78, 5) is 0. The van der Waals surface area contributed by atoms with Crippen LogP contribution in [0.2, 0.25) is 0 Å². The first-order chi connectivity index (χ1) is 8.55. The second-order valence-electron chi connectivity index (χ2n) is 7.51. The number of nitrogens with two attached hydrogens (primary N) is 1. The van der Waals surface area contributed by atoms with Crippen LogP contribution in [-0.4, -0.2) is 18.6 Å². The van der Waals surface area contributed by atoms with Gasteiger partial charge in [-0.2, -0.15) is 0 Å². The molecule has 2 rings (SSSR count). The van der Waals surface area contributed by atoms with E-state index in [9.17, 15) is 0 Å². The lowest BCUT2D eigenvalue weighted by atomic mass is 9.83. The van der Waals surface area contributed by atoms with E-state index < -0.39 is 0 Å². The van der Waals surface area contributed by atoms with Crippen molar-refractivity contribution in [1.82, 2.24) is 5.32 Å². The van der Waals surface area contributed by atoms with Crippen molar-refractivity contribution in [2.75, 3.05) is 13.1 Å². The van der Waals surface area contributed by atoms with Crippen LogP contribution in [0.3, 0.4) is 0 Å². The molecule has 1 unspecified atom stereocenters. The molecule has 0 spiro atoms. The molecule has 2 nitrogen and oxygen atoms in total. The highest BCUT2D eigenvalue weighted by Gasteiger charge is 2.34. The smallest absolute Gasteiger partial charge is 0.0304 e. The Labute approximate surface area is 113 Å². The predicted octanol–water partition coefficient (Wildman–Crippen LogP) is 3.45. The number of rotatable bonds is 6. The maximum atomic E-state index is 6.09. The zero-order valence-corrected chi connectivity index (χ0v) is 12.4. The standard InChI is InChI=1S/C16H32N2/c1-15(2)8-4-9-16(13-17,11-10-15)18-12-3-5-14-6-7-14/h14,18H,3-13,17H2,1-2H3. The summed E-state index contributed by atoms with van der Waals surface area (Å²) in [7, 11) is 0. The lowest BCUT2D eigenvalue weighted by Crippen LogP contribution is -2.51. The third-order valence-electron chi connectivity index (χ3n) is 5.17. The zero-order valence-electron chi connectivity index (χ0n) is 12.4. The number of hydrogen-bond acceptors (Lipinski definition) is 2. The molecule has 0 aromatic heterocycles. The molecule has 0 bridgehead atoms. The van der Waals surface area contributed by atoms with Gasteiger partial charge in [0.2, 0.25) is 0 Å². The summed E-state index contributed by atoms with van der Waals surface area (Å²) in [6.45, 7) is 6.81. The van der Waals surface area contributed by atoms with E-state index in [1.807, 2.05) is 0 Å². The predicted molar refractivity (Wildman–Crippen MR) is 78.6 cm³/mol. The molecule has 0 heterocycles. The Morgan fingerprint density at radius 2 is 1.89 bits per heavy atom. The molecule has 3 N–H and O–H groups in total. The molecule has 2 aliphatic carbocycles. The molecule has 0 saturated heterocycles. The van der Waals surface area contributed by atoms with E-state index in [1.54, 1.807) is 0 Å². The minimum absolute atomic E-state index is 0.247. The van der Waals surface area contributed by atoms with Gasteiger partial charge in [-0.1, -0.05) is 33.1 Å². The number of nitrogens with one attached hydrogen (secondary N) is 1. The van der Waals surface area contributed by atoms with Crippen molar-refractivity contribution in [2.24, 2.45) is 17.1 Å². The third kappa shape index (κ3) is 4.24. The fraction of sp³-hybridized carbons (Fsp3) is 1.00. The molecule has 18 heavy (non-hydrogen) atoms. The van der Waals surface area contributed by atoms with Gasteiger partial charge in [-0.15, -0.1) is 0 Å². The summed E-state index contributed by atoms with van der Waals surface area (Å²) in [5.74, 6) is 1.06. The van der Waals surface area contributed by atoms with Gasteiger partial charge in [-0.05, 0) is 56.4 Å². The molecule has 1 atom stereocenters. The number of hydrogen-bond donors (Lipinski definition) is 2. The Hall–Kier alpha value is -0.0800. The van der Waals surface area contributed by atoms with Crippen LogP contribution in [-0.2, 0) is 0 Å². The van der Waals surface area contributed by atoms with Crippen LogP contribution in [0.15, 0.2) is 0 Å². The van der Waals surface area contributed by atoms with Gasteiger partial charge in [0.25, 0.3) is 0 Å². The van der Waals surface area contributed by atoms with Crippen LogP contribution >= 0.6 is 0 Å².